The van der Waals surface area contributed by atoms with Crippen LogP contribution in [0.4, 0.5) is 0 Å². The van der Waals surface area contributed by atoms with Gasteiger partial charge in [0.15, 0.2) is 0 Å². The third kappa shape index (κ3) is 3.82. The van der Waals surface area contributed by atoms with Gasteiger partial charge in [0.05, 0.1) is 0 Å². The van der Waals surface area contributed by atoms with Crippen LogP contribution in [-0.2, 0) is 0 Å². The molecule has 0 atom stereocenters. The predicted molar refractivity (Wildman–Crippen MR) is 80.3 cm³/mol. The smallest absolute Gasteiger partial charge is 0.336 e. The summed E-state index contributed by atoms with van der Waals surface area (Å²) in [7, 11) is 0. The second kappa shape index (κ2) is 6.93. The summed E-state index contributed by atoms with van der Waals surface area (Å²) in [6, 6.07) is 9.21. The van der Waals surface area contributed by atoms with Gasteiger partial charge >= 0.3 is 5.63 Å². The Hall–Kier alpha value is -1.83. The summed E-state index contributed by atoms with van der Waals surface area (Å²) in [5.74, 6) is 0. The van der Waals surface area contributed by atoms with Crippen LogP contribution in [0.3, 0.4) is 0 Å². The number of allylic oxidation sites excluding steroid dienone is 1. The van der Waals surface area contributed by atoms with Crippen LogP contribution in [-0.4, -0.2) is 0 Å². The number of unbranched alkanes of at least 4 members (excludes halogenated alkanes) is 4. The van der Waals surface area contributed by atoms with Gasteiger partial charge in [0.1, 0.15) is 5.58 Å². The molecule has 0 saturated heterocycles. The van der Waals surface area contributed by atoms with Crippen molar-refractivity contribution < 1.29 is 4.42 Å². The van der Waals surface area contributed by atoms with E-state index in [1.165, 1.54) is 25.7 Å². The van der Waals surface area contributed by atoms with Crippen LogP contribution >= 0.6 is 0 Å². The molecule has 2 nitrogen and oxygen atoms in total. The number of hydrogen-bond donors (Lipinski definition) is 0. The van der Waals surface area contributed by atoms with Crippen molar-refractivity contribution in [2.75, 3.05) is 0 Å². The zero-order valence-corrected chi connectivity index (χ0v) is 11.4. The second-order valence-electron chi connectivity index (χ2n) is 4.77. The van der Waals surface area contributed by atoms with Gasteiger partial charge in [-0.05, 0) is 24.5 Å². The molecule has 0 amide bonds. The first-order valence-corrected chi connectivity index (χ1v) is 7.00. The van der Waals surface area contributed by atoms with Gasteiger partial charge in [-0.1, -0.05) is 56.5 Å². The zero-order chi connectivity index (χ0) is 13.5. The molecule has 0 spiro atoms. The molecular weight excluding hydrogens is 236 g/mol. The highest BCUT2D eigenvalue weighted by atomic mass is 16.4. The van der Waals surface area contributed by atoms with Crippen molar-refractivity contribution in [1.82, 2.24) is 0 Å². The highest BCUT2D eigenvalue weighted by molar-refractivity contribution is 5.85. The van der Waals surface area contributed by atoms with E-state index >= 15 is 0 Å². The van der Waals surface area contributed by atoms with Crippen molar-refractivity contribution in [3.8, 4) is 0 Å². The Morgan fingerprint density at radius 1 is 1.16 bits per heavy atom. The maximum Gasteiger partial charge on any atom is 0.336 e. The minimum Gasteiger partial charge on any atom is -0.423 e. The minimum atomic E-state index is -0.288. The van der Waals surface area contributed by atoms with Crippen molar-refractivity contribution in [1.29, 1.82) is 0 Å². The monoisotopic (exact) mass is 256 g/mol. The lowest BCUT2D eigenvalue weighted by Gasteiger charge is -2.00. The van der Waals surface area contributed by atoms with Crippen molar-refractivity contribution in [3.05, 3.63) is 52.4 Å². The fraction of sp³-hybridized carbons (Fsp3) is 0.353. The van der Waals surface area contributed by atoms with E-state index in [0.29, 0.717) is 5.58 Å². The number of hydrogen-bond acceptors (Lipinski definition) is 2. The van der Waals surface area contributed by atoms with E-state index in [9.17, 15) is 4.79 Å². The fourth-order valence-corrected chi connectivity index (χ4v) is 2.17. The van der Waals surface area contributed by atoms with Crippen LogP contribution in [0, 0.1) is 0 Å². The first kappa shape index (κ1) is 13.6. The van der Waals surface area contributed by atoms with E-state index < -0.39 is 0 Å². The molecule has 2 heteroatoms. The highest BCUT2D eigenvalue weighted by Gasteiger charge is 2.01. The quantitative estimate of drug-likeness (QED) is 0.550. The fourth-order valence-electron chi connectivity index (χ4n) is 2.17. The molecule has 100 valence electrons. The lowest BCUT2D eigenvalue weighted by Crippen LogP contribution is -1.97. The van der Waals surface area contributed by atoms with Gasteiger partial charge in [-0.2, -0.15) is 0 Å². The summed E-state index contributed by atoms with van der Waals surface area (Å²) < 4.78 is 5.17. The van der Waals surface area contributed by atoms with Crippen molar-refractivity contribution in [3.63, 3.8) is 0 Å². The molecule has 0 fully saturated rings. The van der Waals surface area contributed by atoms with E-state index in [0.717, 1.165) is 17.4 Å². The van der Waals surface area contributed by atoms with E-state index in [1.807, 2.05) is 30.3 Å². The summed E-state index contributed by atoms with van der Waals surface area (Å²) in [5.41, 5.74) is 1.31. The first-order valence-electron chi connectivity index (χ1n) is 7.00. The standard InChI is InChI=1S/C17H20O2/c1-2-3-4-5-6-7-10-14-13-17(18)19-16-12-9-8-11-15(14)16/h7-13H,2-6H2,1H3/b10-7+. The van der Waals surface area contributed by atoms with Crippen LogP contribution < -0.4 is 5.63 Å². The Morgan fingerprint density at radius 3 is 2.84 bits per heavy atom. The molecule has 0 radical (unpaired) electrons. The molecule has 1 aromatic heterocycles. The van der Waals surface area contributed by atoms with Crippen LogP contribution in [0.15, 0.2) is 45.6 Å². The lowest BCUT2D eigenvalue weighted by atomic mass is 10.1. The topological polar surface area (TPSA) is 30.2 Å². The molecule has 1 aromatic carbocycles. The molecule has 0 unspecified atom stereocenters. The molecule has 0 saturated carbocycles. The van der Waals surface area contributed by atoms with Gasteiger partial charge in [0, 0.05) is 11.5 Å². The maximum absolute atomic E-state index is 11.5. The number of rotatable bonds is 6. The Morgan fingerprint density at radius 2 is 2.00 bits per heavy atom. The third-order valence-corrected chi connectivity index (χ3v) is 3.20. The summed E-state index contributed by atoms with van der Waals surface area (Å²) in [5, 5.41) is 0.993. The highest BCUT2D eigenvalue weighted by Crippen LogP contribution is 2.18. The lowest BCUT2D eigenvalue weighted by molar-refractivity contribution is 0.560. The molecule has 2 rings (SSSR count). The summed E-state index contributed by atoms with van der Waals surface area (Å²) in [6.45, 7) is 2.21. The van der Waals surface area contributed by atoms with Gasteiger partial charge in [-0.3, -0.25) is 0 Å². The zero-order valence-electron chi connectivity index (χ0n) is 11.4. The summed E-state index contributed by atoms with van der Waals surface area (Å²) >= 11 is 0. The molecule has 0 bridgehead atoms. The van der Waals surface area contributed by atoms with Gasteiger partial charge in [0.2, 0.25) is 0 Å². The van der Waals surface area contributed by atoms with Gasteiger partial charge in [-0.15, -0.1) is 0 Å². The normalized spacial score (nSPS) is 11.4. The Balaban J connectivity index is 2.11. The summed E-state index contributed by atoms with van der Waals surface area (Å²) in [6.07, 6.45) is 10.3. The van der Waals surface area contributed by atoms with E-state index in [1.54, 1.807) is 6.07 Å². The van der Waals surface area contributed by atoms with Crippen LogP contribution in [0.25, 0.3) is 17.0 Å². The second-order valence-corrected chi connectivity index (χ2v) is 4.77. The van der Waals surface area contributed by atoms with E-state index in [-0.39, 0.29) is 5.63 Å². The SMILES string of the molecule is CCCCCC/C=C/c1cc(=O)oc2ccccc12. The average Bonchev–Trinajstić information content (AvgIpc) is 2.42. The molecule has 0 aliphatic rings. The molecule has 0 N–H and O–H groups in total. The Kier molecular flexibility index (Phi) is 4.96. The molecule has 0 aliphatic heterocycles. The summed E-state index contributed by atoms with van der Waals surface area (Å²) in [4.78, 5) is 11.5. The van der Waals surface area contributed by atoms with E-state index in [4.69, 9.17) is 4.42 Å². The minimum absolute atomic E-state index is 0.288. The van der Waals surface area contributed by atoms with Gasteiger partial charge in [-0.25, -0.2) is 4.79 Å². The van der Waals surface area contributed by atoms with Gasteiger partial charge < -0.3 is 4.42 Å². The van der Waals surface area contributed by atoms with Crippen molar-refractivity contribution >= 4 is 17.0 Å². The van der Waals surface area contributed by atoms with Crippen molar-refractivity contribution in [2.45, 2.75) is 39.0 Å². The number of benzene rings is 1. The molecule has 1 heterocycles. The molecule has 2 aromatic rings. The molecule has 19 heavy (non-hydrogen) atoms. The third-order valence-electron chi connectivity index (χ3n) is 3.20. The molecular formula is C17H20O2. The average molecular weight is 256 g/mol. The van der Waals surface area contributed by atoms with Crippen LogP contribution in [0.1, 0.15) is 44.6 Å². The maximum atomic E-state index is 11.5. The number of fused-ring (bicyclic) bond motifs is 1. The van der Waals surface area contributed by atoms with E-state index in [2.05, 4.69) is 13.0 Å². The Labute approximate surface area is 113 Å². The van der Waals surface area contributed by atoms with Crippen LogP contribution in [0.2, 0.25) is 0 Å². The van der Waals surface area contributed by atoms with Gasteiger partial charge in [0.25, 0.3) is 0 Å². The first-order chi connectivity index (χ1) is 9.31. The molecule has 0 aliphatic carbocycles. The Bertz CT molecular complexity index is 608. The van der Waals surface area contributed by atoms with Crippen molar-refractivity contribution in [2.24, 2.45) is 0 Å². The largest absolute Gasteiger partial charge is 0.423 e. The number of para-hydroxylation sites is 1. The predicted octanol–water partition coefficient (Wildman–Crippen LogP) is 4.78. The van der Waals surface area contributed by atoms with Crippen LogP contribution in [0.5, 0.6) is 0 Å².